The molecule has 1 unspecified atom stereocenters. The molecule has 1 aliphatic rings. The number of carbonyl (C=O) groups excluding carboxylic acids is 1. The van der Waals surface area contributed by atoms with Crippen LogP contribution >= 0.6 is 0 Å². The number of halogens is 1. The first kappa shape index (κ1) is 25.9. The minimum atomic E-state index is -3.54. The van der Waals surface area contributed by atoms with E-state index in [1.807, 2.05) is 0 Å². The first-order valence-electron chi connectivity index (χ1n) is 12.0. The number of aromatic nitrogens is 2. The first-order chi connectivity index (χ1) is 17.3. The summed E-state index contributed by atoms with van der Waals surface area (Å²) in [4.78, 5) is 19.6. The molecule has 1 fully saturated rings. The molecule has 11 heteroatoms. The Morgan fingerprint density at radius 2 is 1.83 bits per heavy atom. The Balaban J connectivity index is 1.34. The van der Waals surface area contributed by atoms with Crippen LogP contribution in [0.5, 0.6) is 0 Å². The highest BCUT2D eigenvalue weighted by atomic mass is 32.2. The maximum atomic E-state index is 13.1. The van der Waals surface area contributed by atoms with Gasteiger partial charge in [-0.15, -0.1) is 0 Å². The van der Waals surface area contributed by atoms with E-state index in [0.717, 1.165) is 19.4 Å². The Morgan fingerprint density at radius 3 is 2.50 bits per heavy atom. The van der Waals surface area contributed by atoms with Gasteiger partial charge < -0.3 is 9.84 Å². The lowest BCUT2D eigenvalue weighted by atomic mass is 9.97. The fraction of sp³-hybridized carbons (Fsp3) is 0.400. The van der Waals surface area contributed by atoms with Crippen LogP contribution < -0.4 is 5.32 Å². The second-order valence-electron chi connectivity index (χ2n) is 8.70. The average Bonchev–Trinajstić information content (AvgIpc) is 3.34. The van der Waals surface area contributed by atoms with E-state index in [0.29, 0.717) is 49.1 Å². The molecule has 2 aromatic carbocycles. The fourth-order valence-electron chi connectivity index (χ4n) is 4.31. The van der Waals surface area contributed by atoms with Gasteiger partial charge in [0.1, 0.15) is 5.82 Å². The Hall–Kier alpha value is -3.15. The lowest BCUT2D eigenvalue weighted by Gasteiger charge is -2.30. The van der Waals surface area contributed by atoms with Crippen molar-refractivity contribution in [1.29, 1.82) is 0 Å². The second-order valence-corrected chi connectivity index (χ2v) is 10.6. The van der Waals surface area contributed by atoms with Gasteiger partial charge in [0, 0.05) is 30.9 Å². The van der Waals surface area contributed by atoms with Crippen molar-refractivity contribution >= 4 is 21.6 Å². The molecule has 9 nitrogen and oxygen atoms in total. The van der Waals surface area contributed by atoms with Crippen LogP contribution in [0.15, 0.2) is 57.9 Å². The number of piperidine rings is 1. The van der Waals surface area contributed by atoms with Crippen molar-refractivity contribution in [3.05, 3.63) is 60.2 Å². The normalized spacial score (nSPS) is 16.8. The molecule has 192 valence electrons. The first-order valence-corrected chi connectivity index (χ1v) is 13.5. The number of anilines is 1. The van der Waals surface area contributed by atoms with Crippen LogP contribution in [-0.2, 0) is 21.4 Å². The van der Waals surface area contributed by atoms with Gasteiger partial charge in [-0.2, -0.15) is 9.29 Å². The molecule has 1 atom stereocenters. The predicted molar refractivity (Wildman–Crippen MR) is 133 cm³/mol. The number of amides is 1. The number of nitrogens with zero attached hydrogens (tertiary/aromatic N) is 4. The van der Waals surface area contributed by atoms with Gasteiger partial charge in [-0.25, -0.2) is 12.8 Å². The summed E-state index contributed by atoms with van der Waals surface area (Å²) >= 11 is 0. The Labute approximate surface area is 210 Å². The minimum absolute atomic E-state index is 0.114. The largest absolute Gasteiger partial charge is 0.338 e. The van der Waals surface area contributed by atoms with Crippen LogP contribution in [0.25, 0.3) is 11.4 Å². The quantitative estimate of drug-likeness (QED) is 0.462. The zero-order valence-corrected chi connectivity index (χ0v) is 21.2. The van der Waals surface area contributed by atoms with Crippen molar-refractivity contribution in [2.24, 2.45) is 5.92 Å². The molecule has 2 heterocycles. The maximum Gasteiger partial charge on any atom is 0.243 e. The fourth-order valence-corrected chi connectivity index (χ4v) is 5.76. The van der Waals surface area contributed by atoms with E-state index in [2.05, 4.69) is 20.4 Å². The third kappa shape index (κ3) is 5.97. The third-order valence-electron chi connectivity index (χ3n) is 6.27. The van der Waals surface area contributed by atoms with Crippen LogP contribution in [0.3, 0.4) is 0 Å². The summed E-state index contributed by atoms with van der Waals surface area (Å²) in [6, 6.07) is 12.1. The summed E-state index contributed by atoms with van der Waals surface area (Å²) in [6.07, 6.45) is 1.60. The average molecular weight is 516 g/mol. The van der Waals surface area contributed by atoms with E-state index in [4.69, 9.17) is 4.52 Å². The highest BCUT2D eigenvalue weighted by Crippen LogP contribution is 2.23. The van der Waals surface area contributed by atoms with Crippen LogP contribution in [0, 0.1) is 11.7 Å². The van der Waals surface area contributed by atoms with Crippen LogP contribution in [-0.4, -0.2) is 59.8 Å². The van der Waals surface area contributed by atoms with Gasteiger partial charge in [0.15, 0.2) is 0 Å². The summed E-state index contributed by atoms with van der Waals surface area (Å²) in [7, 11) is -3.54. The van der Waals surface area contributed by atoms with Crippen LogP contribution in [0.2, 0.25) is 0 Å². The Kier molecular flexibility index (Phi) is 8.12. The third-order valence-corrected chi connectivity index (χ3v) is 8.33. The number of likely N-dealkylation sites (tertiary alicyclic amines) is 1. The van der Waals surface area contributed by atoms with E-state index in [-0.39, 0.29) is 22.5 Å². The van der Waals surface area contributed by atoms with Gasteiger partial charge in [-0.1, -0.05) is 19.0 Å². The molecule has 1 aromatic heterocycles. The van der Waals surface area contributed by atoms with Crippen molar-refractivity contribution in [3.8, 4) is 11.4 Å². The lowest BCUT2D eigenvalue weighted by molar-refractivity contribution is -0.121. The summed E-state index contributed by atoms with van der Waals surface area (Å²) < 4.78 is 45.2. The molecule has 0 radical (unpaired) electrons. The van der Waals surface area contributed by atoms with Crippen molar-refractivity contribution in [3.63, 3.8) is 0 Å². The molecule has 3 aromatic rings. The zero-order valence-electron chi connectivity index (χ0n) is 20.4. The topological polar surface area (TPSA) is 109 Å². The molecule has 1 saturated heterocycles. The Morgan fingerprint density at radius 1 is 1.14 bits per heavy atom. The van der Waals surface area contributed by atoms with Gasteiger partial charge in [-0.3, -0.25) is 9.69 Å². The van der Waals surface area contributed by atoms with Gasteiger partial charge in [0.05, 0.1) is 17.4 Å². The molecule has 1 N–H and O–H groups in total. The molecular formula is C25H30FN5O4S. The van der Waals surface area contributed by atoms with Gasteiger partial charge in [-0.05, 0) is 67.9 Å². The van der Waals surface area contributed by atoms with Crippen LogP contribution in [0.1, 0.15) is 32.6 Å². The van der Waals surface area contributed by atoms with Crippen molar-refractivity contribution < 1.29 is 22.1 Å². The summed E-state index contributed by atoms with van der Waals surface area (Å²) in [5, 5.41) is 6.88. The Bertz CT molecular complexity index is 1270. The summed E-state index contributed by atoms with van der Waals surface area (Å²) in [6.45, 7) is 6.14. The molecule has 0 bridgehead atoms. The van der Waals surface area contributed by atoms with E-state index >= 15 is 0 Å². The monoisotopic (exact) mass is 515 g/mol. The number of benzene rings is 2. The van der Waals surface area contributed by atoms with Crippen molar-refractivity contribution in [2.45, 2.75) is 38.1 Å². The minimum Gasteiger partial charge on any atom is -0.338 e. The zero-order chi connectivity index (χ0) is 25.7. The van der Waals surface area contributed by atoms with Crippen molar-refractivity contribution in [1.82, 2.24) is 19.3 Å². The van der Waals surface area contributed by atoms with Gasteiger partial charge in [0.2, 0.25) is 27.6 Å². The summed E-state index contributed by atoms with van der Waals surface area (Å²) in [5.74, 6) is 0.151. The van der Waals surface area contributed by atoms with E-state index in [1.165, 1.54) is 28.6 Å². The number of sulfonamides is 1. The lowest BCUT2D eigenvalue weighted by Crippen LogP contribution is -2.40. The molecular weight excluding hydrogens is 485 g/mol. The summed E-state index contributed by atoms with van der Waals surface area (Å²) in [5.41, 5.74) is 1.22. The molecule has 0 saturated carbocycles. The number of hydrogen-bond donors (Lipinski definition) is 1. The molecule has 36 heavy (non-hydrogen) atoms. The van der Waals surface area contributed by atoms with Crippen molar-refractivity contribution in [2.75, 3.05) is 31.5 Å². The maximum absolute atomic E-state index is 13.1. The number of nitrogens with one attached hydrogen (secondary N) is 1. The number of carbonyl (C=O) groups is 1. The van der Waals surface area contributed by atoms with E-state index < -0.39 is 10.0 Å². The standard InChI is InChI=1S/C25H30FN5O4S/c1-3-31(4-2)36(33,34)22-13-11-21(12-14-22)27-25(32)19-6-5-15-30(16-19)17-23-28-24(29-35-23)18-7-9-20(26)10-8-18/h7-14,19H,3-6,15-17H2,1-2H3,(H,27,32). The second kappa shape index (κ2) is 11.3. The molecule has 0 aliphatic carbocycles. The highest BCUT2D eigenvalue weighted by Gasteiger charge is 2.27. The molecule has 4 rings (SSSR count). The molecule has 1 amide bonds. The van der Waals surface area contributed by atoms with Gasteiger partial charge in [0.25, 0.3) is 0 Å². The smallest absolute Gasteiger partial charge is 0.243 e. The number of rotatable bonds is 9. The molecule has 0 spiro atoms. The highest BCUT2D eigenvalue weighted by molar-refractivity contribution is 7.89. The van der Waals surface area contributed by atoms with E-state index in [1.54, 1.807) is 38.1 Å². The van der Waals surface area contributed by atoms with E-state index in [9.17, 15) is 17.6 Å². The van der Waals surface area contributed by atoms with Gasteiger partial charge >= 0.3 is 0 Å². The van der Waals surface area contributed by atoms with Crippen LogP contribution in [0.4, 0.5) is 10.1 Å². The molecule has 1 aliphatic heterocycles. The predicted octanol–water partition coefficient (Wildman–Crippen LogP) is 3.76. The SMILES string of the molecule is CCN(CC)S(=O)(=O)c1ccc(NC(=O)C2CCCN(Cc3nc(-c4ccc(F)cc4)no3)C2)cc1. The number of hydrogen-bond acceptors (Lipinski definition) is 7.